The number of pyridine rings is 1. The van der Waals surface area contributed by atoms with Gasteiger partial charge in [0, 0.05) is 11.1 Å². The van der Waals surface area contributed by atoms with Crippen LogP contribution in [0.25, 0.3) is 0 Å². The average molecular weight is 265 g/mol. The third-order valence-corrected chi connectivity index (χ3v) is 2.47. The highest BCUT2D eigenvalue weighted by Crippen LogP contribution is 2.21. The molecule has 2 N–H and O–H groups in total. The molecular weight excluding hydrogens is 256 g/mol. The van der Waals surface area contributed by atoms with E-state index in [0.29, 0.717) is 22.3 Å². The fourth-order valence-corrected chi connectivity index (χ4v) is 1.47. The van der Waals surface area contributed by atoms with Crippen molar-refractivity contribution in [3.05, 3.63) is 53.2 Å². The highest BCUT2D eigenvalue weighted by molar-refractivity contribution is 7.80. The van der Waals surface area contributed by atoms with E-state index in [1.807, 2.05) is 0 Å². The molecule has 1 aromatic carbocycles. The standard InChI is InChI=1S/C12H9ClN2OS/c13-8-4-6-9(7-5-8)16-11-3-1-2-10(15-11)12(14)17/h1-7H,(H2,14,17). The molecule has 0 fully saturated rings. The number of hydrogen-bond donors (Lipinski definition) is 1. The molecule has 0 bridgehead atoms. The van der Waals surface area contributed by atoms with Crippen LogP contribution in [0.4, 0.5) is 0 Å². The molecule has 5 heteroatoms. The van der Waals surface area contributed by atoms with Crippen LogP contribution in [0, 0.1) is 0 Å². The van der Waals surface area contributed by atoms with E-state index < -0.39 is 0 Å². The van der Waals surface area contributed by atoms with Gasteiger partial charge in [-0.15, -0.1) is 0 Å². The van der Waals surface area contributed by atoms with Crippen molar-refractivity contribution in [2.24, 2.45) is 5.73 Å². The summed E-state index contributed by atoms with van der Waals surface area (Å²) in [6, 6.07) is 12.3. The Morgan fingerprint density at radius 3 is 2.53 bits per heavy atom. The van der Waals surface area contributed by atoms with Crippen LogP contribution >= 0.6 is 23.8 Å². The second-order valence-electron chi connectivity index (χ2n) is 3.28. The lowest BCUT2D eigenvalue weighted by Crippen LogP contribution is -2.11. The fraction of sp³-hybridized carbons (Fsp3) is 0. The number of rotatable bonds is 3. The van der Waals surface area contributed by atoms with E-state index in [1.54, 1.807) is 42.5 Å². The van der Waals surface area contributed by atoms with Gasteiger partial charge < -0.3 is 10.5 Å². The third kappa shape index (κ3) is 3.15. The number of nitrogens with two attached hydrogens (primary N) is 1. The second-order valence-corrected chi connectivity index (χ2v) is 4.16. The third-order valence-electron chi connectivity index (χ3n) is 2.01. The minimum Gasteiger partial charge on any atom is -0.439 e. The summed E-state index contributed by atoms with van der Waals surface area (Å²) in [4.78, 5) is 4.41. The monoisotopic (exact) mass is 264 g/mol. The maximum atomic E-state index is 5.78. The SMILES string of the molecule is NC(=S)c1cccc(Oc2ccc(Cl)cc2)n1. The van der Waals surface area contributed by atoms with Crippen LogP contribution in [0.3, 0.4) is 0 Å². The highest BCUT2D eigenvalue weighted by Gasteiger charge is 2.02. The molecule has 0 radical (unpaired) electrons. The molecule has 17 heavy (non-hydrogen) atoms. The fourth-order valence-electron chi connectivity index (χ4n) is 1.23. The Kier molecular flexibility index (Phi) is 3.56. The van der Waals surface area contributed by atoms with Crippen molar-refractivity contribution in [2.45, 2.75) is 0 Å². The Morgan fingerprint density at radius 2 is 1.88 bits per heavy atom. The number of thiocarbonyl (C=S) groups is 1. The molecule has 1 heterocycles. The first kappa shape index (κ1) is 11.8. The van der Waals surface area contributed by atoms with Gasteiger partial charge in [-0.25, -0.2) is 4.98 Å². The van der Waals surface area contributed by atoms with Crippen LogP contribution in [0.2, 0.25) is 5.02 Å². The molecule has 0 unspecified atom stereocenters. The van der Waals surface area contributed by atoms with Gasteiger partial charge in [-0.05, 0) is 30.3 Å². The topological polar surface area (TPSA) is 48.1 Å². The first-order valence-electron chi connectivity index (χ1n) is 4.85. The molecule has 0 saturated heterocycles. The Bertz CT molecular complexity index is 542. The summed E-state index contributed by atoms with van der Waals surface area (Å²) >= 11 is 10.6. The van der Waals surface area contributed by atoms with Crippen LogP contribution in [0.15, 0.2) is 42.5 Å². The molecule has 86 valence electrons. The van der Waals surface area contributed by atoms with Gasteiger partial charge >= 0.3 is 0 Å². The van der Waals surface area contributed by atoms with Gasteiger partial charge in [-0.2, -0.15) is 0 Å². The van der Waals surface area contributed by atoms with Crippen molar-refractivity contribution in [2.75, 3.05) is 0 Å². The molecule has 0 atom stereocenters. The number of hydrogen-bond acceptors (Lipinski definition) is 3. The van der Waals surface area contributed by atoms with E-state index in [-0.39, 0.29) is 4.99 Å². The summed E-state index contributed by atoms with van der Waals surface area (Å²) in [7, 11) is 0. The molecule has 0 aliphatic heterocycles. The quantitative estimate of drug-likeness (QED) is 0.865. The summed E-state index contributed by atoms with van der Waals surface area (Å²) in [5.41, 5.74) is 6.03. The lowest BCUT2D eigenvalue weighted by atomic mass is 10.3. The average Bonchev–Trinajstić information content (AvgIpc) is 2.32. The Labute approximate surface area is 109 Å². The summed E-state index contributed by atoms with van der Waals surface area (Å²) in [5.74, 6) is 1.10. The van der Waals surface area contributed by atoms with E-state index in [0.717, 1.165) is 0 Å². The highest BCUT2D eigenvalue weighted by atomic mass is 35.5. The molecule has 1 aromatic heterocycles. The van der Waals surface area contributed by atoms with E-state index >= 15 is 0 Å². The number of halogens is 1. The summed E-state index contributed by atoms with van der Waals surface area (Å²) in [6.07, 6.45) is 0. The smallest absolute Gasteiger partial charge is 0.219 e. The van der Waals surface area contributed by atoms with Crippen LogP contribution in [-0.4, -0.2) is 9.97 Å². The molecule has 0 saturated carbocycles. The summed E-state index contributed by atoms with van der Waals surface area (Å²) in [5, 5.41) is 0.655. The van der Waals surface area contributed by atoms with Crippen LogP contribution in [0.5, 0.6) is 11.6 Å². The van der Waals surface area contributed by atoms with Crippen LogP contribution in [-0.2, 0) is 0 Å². The predicted octanol–water partition coefficient (Wildman–Crippen LogP) is 3.16. The first-order chi connectivity index (χ1) is 8.15. The van der Waals surface area contributed by atoms with Crippen molar-refractivity contribution in [1.82, 2.24) is 4.98 Å². The number of nitrogens with zero attached hydrogens (tertiary/aromatic N) is 1. The van der Waals surface area contributed by atoms with Gasteiger partial charge in [0.15, 0.2) is 0 Å². The lowest BCUT2D eigenvalue weighted by molar-refractivity contribution is 0.462. The minimum absolute atomic E-state index is 0.242. The Hall–Kier alpha value is -1.65. The van der Waals surface area contributed by atoms with Gasteiger partial charge in [-0.1, -0.05) is 29.9 Å². The van der Waals surface area contributed by atoms with Crippen molar-refractivity contribution >= 4 is 28.8 Å². The summed E-state index contributed by atoms with van der Waals surface area (Å²) < 4.78 is 5.54. The number of benzene rings is 1. The van der Waals surface area contributed by atoms with Gasteiger partial charge in [0.05, 0.1) is 0 Å². The van der Waals surface area contributed by atoms with E-state index in [4.69, 9.17) is 34.3 Å². The molecule has 0 spiro atoms. The first-order valence-corrected chi connectivity index (χ1v) is 5.64. The zero-order valence-electron chi connectivity index (χ0n) is 8.76. The Balaban J connectivity index is 2.21. The number of ether oxygens (including phenoxy) is 1. The van der Waals surface area contributed by atoms with Crippen molar-refractivity contribution in [1.29, 1.82) is 0 Å². The maximum Gasteiger partial charge on any atom is 0.219 e. The van der Waals surface area contributed by atoms with Gasteiger partial charge in [0.25, 0.3) is 0 Å². The molecule has 2 rings (SSSR count). The maximum absolute atomic E-state index is 5.78. The molecule has 0 amide bonds. The number of aromatic nitrogens is 1. The predicted molar refractivity (Wildman–Crippen MR) is 71.7 cm³/mol. The van der Waals surface area contributed by atoms with Crippen molar-refractivity contribution < 1.29 is 4.74 Å². The van der Waals surface area contributed by atoms with Gasteiger partial charge in [0.2, 0.25) is 5.88 Å². The van der Waals surface area contributed by atoms with E-state index in [2.05, 4.69) is 4.98 Å². The van der Waals surface area contributed by atoms with E-state index in [1.165, 1.54) is 0 Å². The largest absolute Gasteiger partial charge is 0.439 e. The molecule has 3 nitrogen and oxygen atoms in total. The zero-order valence-corrected chi connectivity index (χ0v) is 10.3. The zero-order chi connectivity index (χ0) is 12.3. The lowest BCUT2D eigenvalue weighted by Gasteiger charge is -2.05. The van der Waals surface area contributed by atoms with Crippen molar-refractivity contribution in [3.63, 3.8) is 0 Å². The Morgan fingerprint density at radius 1 is 1.18 bits per heavy atom. The molecule has 0 aliphatic rings. The minimum atomic E-state index is 0.242. The normalized spacial score (nSPS) is 9.94. The van der Waals surface area contributed by atoms with Crippen molar-refractivity contribution in [3.8, 4) is 11.6 Å². The van der Waals surface area contributed by atoms with Crippen LogP contribution in [0.1, 0.15) is 5.69 Å². The van der Waals surface area contributed by atoms with Gasteiger partial charge in [-0.3, -0.25) is 0 Å². The van der Waals surface area contributed by atoms with Gasteiger partial charge in [0.1, 0.15) is 16.4 Å². The molecule has 0 aliphatic carbocycles. The molecule has 2 aromatic rings. The summed E-state index contributed by atoms with van der Waals surface area (Å²) in [6.45, 7) is 0. The van der Waals surface area contributed by atoms with E-state index in [9.17, 15) is 0 Å². The second kappa shape index (κ2) is 5.12. The van der Waals surface area contributed by atoms with Crippen LogP contribution < -0.4 is 10.5 Å². The molecular formula is C12H9ClN2OS.